The summed E-state index contributed by atoms with van der Waals surface area (Å²) in [5.74, 6) is 0.800. The lowest BCUT2D eigenvalue weighted by atomic mass is 9.93. The van der Waals surface area contributed by atoms with Crippen LogP contribution in [0.2, 0.25) is 0 Å². The van der Waals surface area contributed by atoms with E-state index >= 15 is 0 Å². The molecule has 2 aliphatic rings. The van der Waals surface area contributed by atoms with Crippen LogP contribution in [0.25, 0.3) is 0 Å². The highest BCUT2D eigenvalue weighted by Gasteiger charge is 2.26. The van der Waals surface area contributed by atoms with Gasteiger partial charge in [-0.15, -0.1) is 0 Å². The zero-order valence-electron chi connectivity index (χ0n) is 13.9. The minimum absolute atomic E-state index is 0.336. The lowest BCUT2D eigenvalue weighted by molar-refractivity contribution is 0.0720. The number of aliphatic hydroxyl groups is 1. The van der Waals surface area contributed by atoms with Crippen LogP contribution in [0.5, 0.6) is 0 Å². The summed E-state index contributed by atoms with van der Waals surface area (Å²) in [5.41, 5.74) is 2.70. The lowest BCUT2D eigenvalue weighted by Crippen LogP contribution is -2.46. The van der Waals surface area contributed by atoms with E-state index in [9.17, 15) is 5.11 Å². The highest BCUT2D eigenvalue weighted by atomic mass is 16.3. The van der Waals surface area contributed by atoms with E-state index in [1.807, 2.05) is 0 Å². The number of benzene rings is 1. The van der Waals surface area contributed by atoms with Crippen LogP contribution in [0.1, 0.15) is 37.7 Å². The molecule has 0 unspecified atom stereocenters. The van der Waals surface area contributed by atoms with Gasteiger partial charge >= 0.3 is 0 Å². The maximum atomic E-state index is 9.55. The van der Waals surface area contributed by atoms with E-state index in [0.29, 0.717) is 12.6 Å². The Morgan fingerprint density at radius 2 is 1.73 bits per heavy atom. The molecule has 1 atom stereocenters. The molecule has 0 aliphatic carbocycles. The normalized spacial score (nSPS) is 24.6. The summed E-state index contributed by atoms with van der Waals surface area (Å²) in [6.45, 7) is 7.20. The van der Waals surface area contributed by atoms with Crippen molar-refractivity contribution in [3.05, 3.63) is 29.8 Å². The fraction of sp³-hybridized carbons (Fsp3) is 0.684. The number of hydrogen-bond donors (Lipinski definition) is 1. The van der Waals surface area contributed by atoms with Gasteiger partial charge in [-0.1, -0.05) is 24.1 Å². The van der Waals surface area contributed by atoms with E-state index in [1.165, 1.54) is 69.5 Å². The molecule has 122 valence electrons. The number of rotatable bonds is 4. The molecule has 2 aliphatic heterocycles. The molecule has 1 aromatic rings. The minimum Gasteiger partial charge on any atom is -0.395 e. The van der Waals surface area contributed by atoms with Crippen LogP contribution in [0.4, 0.5) is 5.69 Å². The molecule has 3 nitrogen and oxygen atoms in total. The monoisotopic (exact) mass is 302 g/mol. The third-order valence-electron chi connectivity index (χ3n) is 5.47. The van der Waals surface area contributed by atoms with Gasteiger partial charge in [-0.05, 0) is 57.2 Å². The quantitative estimate of drug-likeness (QED) is 0.926. The van der Waals surface area contributed by atoms with Crippen molar-refractivity contribution in [1.82, 2.24) is 4.90 Å². The number of anilines is 1. The van der Waals surface area contributed by atoms with E-state index in [4.69, 9.17) is 0 Å². The third-order valence-corrected chi connectivity index (χ3v) is 5.47. The maximum Gasteiger partial charge on any atom is 0.0586 e. The molecule has 3 rings (SSSR count). The summed E-state index contributed by atoms with van der Waals surface area (Å²) in [4.78, 5) is 5.07. The summed E-state index contributed by atoms with van der Waals surface area (Å²) in [5, 5.41) is 9.55. The van der Waals surface area contributed by atoms with Crippen molar-refractivity contribution < 1.29 is 5.11 Å². The highest BCUT2D eigenvalue weighted by Crippen LogP contribution is 2.26. The van der Waals surface area contributed by atoms with Gasteiger partial charge in [0.15, 0.2) is 0 Å². The standard InChI is InChI=1S/C19H30N2O/c1-16-5-7-18(8-6-16)20-12-9-17(10-13-20)14-21-11-3-2-4-19(21)15-22/h5-8,17,19,22H,2-4,9-15H2,1H3/t19-/m0/s1. The Morgan fingerprint density at radius 1 is 1.00 bits per heavy atom. The lowest BCUT2D eigenvalue weighted by Gasteiger charge is -2.40. The van der Waals surface area contributed by atoms with Gasteiger partial charge in [0.05, 0.1) is 6.61 Å². The topological polar surface area (TPSA) is 26.7 Å². The number of piperidine rings is 2. The van der Waals surface area contributed by atoms with E-state index in [1.54, 1.807) is 0 Å². The molecule has 1 aromatic carbocycles. The fourth-order valence-electron chi connectivity index (χ4n) is 3.97. The third kappa shape index (κ3) is 3.82. The van der Waals surface area contributed by atoms with Crippen LogP contribution in [0.15, 0.2) is 24.3 Å². The van der Waals surface area contributed by atoms with Gasteiger partial charge in [0.25, 0.3) is 0 Å². The van der Waals surface area contributed by atoms with Crippen LogP contribution < -0.4 is 4.90 Å². The second-order valence-corrected chi connectivity index (χ2v) is 7.09. The van der Waals surface area contributed by atoms with E-state index in [2.05, 4.69) is 41.0 Å². The Labute approximate surface area is 134 Å². The van der Waals surface area contributed by atoms with Crippen molar-refractivity contribution in [2.45, 2.75) is 45.1 Å². The zero-order valence-corrected chi connectivity index (χ0v) is 13.9. The van der Waals surface area contributed by atoms with Crippen LogP contribution in [-0.2, 0) is 0 Å². The van der Waals surface area contributed by atoms with Crippen molar-refractivity contribution in [3.8, 4) is 0 Å². The summed E-state index contributed by atoms with van der Waals surface area (Å²) < 4.78 is 0. The Hall–Kier alpha value is -1.06. The SMILES string of the molecule is Cc1ccc(N2CCC(CN3CCCC[C@H]3CO)CC2)cc1. The van der Waals surface area contributed by atoms with E-state index in [-0.39, 0.29) is 0 Å². The zero-order chi connectivity index (χ0) is 15.4. The van der Waals surface area contributed by atoms with Gasteiger partial charge in [0.2, 0.25) is 0 Å². The number of hydrogen-bond acceptors (Lipinski definition) is 3. The average Bonchev–Trinajstić information content (AvgIpc) is 2.57. The second kappa shape index (κ2) is 7.47. The molecule has 1 N–H and O–H groups in total. The molecule has 0 spiro atoms. The first-order chi connectivity index (χ1) is 10.8. The predicted molar refractivity (Wildman–Crippen MR) is 92.4 cm³/mol. The molecule has 0 amide bonds. The molecule has 2 saturated heterocycles. The molecular weight excluding hydrogens is 272 g/mol. The van der Waals surface area contributed by atoms with Crippen molar-refractivity contribution in [2.75, 3.05) is 37.7 Å². The number of aliphatic hydroxyl groups excluding tert-OH is 1. The molecule has 2 fully saturated rings. The van der Waals surface area contributed by atoms with Crippen LogP contribution in [0.3, 0.4) is 0 Å². The molecule has 22 heavy (non-hydrogen) atoms. The molecule has 0 aromatic heterocycles. The van der Waals surface area contributed by atoms with Crippen LogP contribution in [-0.4, -0.2) is 48.8 Å². The summed E-state index contributed by atoms with van der Waals surface area (Å²) in [7, 11) is 0. The van der Waals surface area contributed by atoms with Gasteiger partial charge in [-0.25, -0.2) is 0 Å². The number of likely N-dealkylation sites (tertiary alicyclic amines) is 1. The van der Waals surface area contributed by atoms with E-state index < -0.39 is 0 Å². The first-order valence-corrected chi connectivity index (χ1v) is 8.93. The van der Waals surface area contributed by atoms with Gasteiger partial charge in [-0.3, -0.25) is 4.90 Å². The number of aryl methyl sites for hydroxylation is 1. The van der Waals surface area contributed by atoms with Crippen LogP contribution in [0, 0.1) is 12.8 Å². The highest BCUT2D eigenvalue weighted by molar-refractivity contribution is 5.47. The van der Waals surface area contributed by atoms with Gasteiger partial charge in [0, 0.05) is 31.4 Å². The number of nitrogens with zero attached hydrogens (tertiary/aromatic N) is 2. The Kier molecular flexibility index (Phi) is 5.37. The predicted octanol–water partition coefficient (Wildman–Crippen LogP) is 3.06. The summed E-state index contributed by atoms with van der Waals surface area (Å²) in [6, 6.07) is 9.34. The fourth-order valence-corrected chi connectivity index (χ4v) is 3.97. The Balaban J connectivity index is 1.50. The molecule has 0 radical (unpaired) electrons. The van der Waals surface area contributed by atoms with Crippen molar-refractivity contribution in [1.29, 1.82) is 0 Å². The molecule has 2 heterocycles. The van der Waals surface area contributed by atoms with Crippen molar-refractivity contribution in [3.63, 3.8) is 0 Å². The minimum atomic E-state index is 0.336. The summed E-state index contributed by atoms with van der Waals surface area (Å²) in [6.07, 6.45) is 6.33. The smallest absolute Gasteiger partial charge is 0.0586 e. The maximum absolute atomic E-state index is 9.55. The first kappa shape index (κ1) is 15.8. The average molecular weight is 302 g/mol. The van der Waals surface area contributed by atoms with E-state index in [0.717, 1.165) is 5.92 Å². The molecule has 0 saturated carbocycles. The largest absolute Gasteiger partial charge is 0.395 e. The molecular formula is C19H30N2O. The molecule has 0 bridgehead atoms. The Morgan fingerprint density at radius 3 is 2.41 bits per heavy atom. The second-order valence-electron chi connectivity index (χ2n) is 7.09. The Bertz CT molecular complexity index is 451. The van der Waals surface area contributed by atoms with Gasteiger partial charge < -0.3 is 10.0 Å². The van der Waals surface area contributed by atoms with Gasteiger partial charge in [0.1, 0.15) is 0 Å². The van der Waals surface area contributed by atoms with Gasteiger partial charge in [-0.2, -0.15) is 0 Å². The van der Waals surface area contributed by atoms with Crippen molar-refractivity contribution >= 4 is 5.69 Å². The van der Waals surface area contributed by atoms with Crippen molar-refractivity contribution in [2.24, 2.45) is 5.92 Å². The first-order valence-electron chi connectivity index (χ1n) is 8.93. The van der Waals surface area contributed by atoms with Crippen LogP contribution >= 0.6 is 0 Å². The summed E-state index contributed by atoms with van der Waals surface area (Å²) >= 11 is 0. The molecule has 3 heteroatoms.